The Bertz CT molecular complexity index is 360. The van der Waals surface area contributed by atoms with Crippen LogP contribution >= 0.6 is 0 Å². The number of hydrogen-bond donors (Lipinski definition) is 1. The molecule has 0 aliphatic heterocycles. The summed E-state index contributed by atoms with van der Waals surface area (Å²) in [6.07, 6.45) is 2.75. The van der Waals surface area contributed by atoms with E-state index in [-0.39, 0.29) is 11.0 Å². The van der Waals surface area contributed by atoms with Gasteiger partial charge in [0.05, 0.1) is 5.69 Å². The van der Waals surface area contributed by atoms with E-state index in [1.165, 1.54) is 0 Å². The summed E-state index contributed by atoms with van der Waals surface area (Å²) in [7, 11) is 0. The van der Waals surface area contributed by atoms with Crippen LogP contribution in [0, 0.1) is 5.41 Å². The smallest absolute Gasteiger partial charge is 0.273 e. The molecule has 14 heavy (non-hydrogen) atoms. The predicted octanol–water partition coefficient (Wildman–Crippen LogP) is 1.87. The van der Waals surface area contributed by atoms with Gasteiger partial charge in [0.1, 0.15) is 0 Å². The van der Waals surface area contributed by atoms with Crippen LogP contribution in [0.25, 0.3) is 0 Å². The molecule has 0 aliphatic rings. The maximum absolute atomic E-state index is 11.5. The van der Waals surface area contributed by atoms with Gasteiger partial charge in [-0.05, 0) is 24.0 Å². The Labute approximate surface area is 84.6 Å². The monoisotopic (exact) mass is 194 g/mol. The molecule has 78 valence electrons. The van der Waals surface area contributed by atoms with Crippen LogP contribution in [0.15, 0.2) is 23.1 Å². The van der Waals surface area contributed by atoms with Crippen molar-refractivity contribution in [1.82, 2.24) is 4.57 Å². The lowest BCUT2D eigenvalue weighted by Crippen LogP contribution is -2.24. The first-order chi connectivity index (χ1) is 6.40. The number of nitrogens with zero attached hydrogens (tertiary/aromatic N) is 1. The van der Waals surface area contributed by atoms with Gasteiger partial charge in [0.15, 0.2) is 0 Å². The summed E-state index contributed by atoms with van der Waals surface area (Å²) in [5.74, 6) is 0. The van der Waals surface area contributed by atoms with Gasteiger partial charge in [-0.3, -0.25) is 4.79 Å². The molecule has 3 heteroatoms. The zero-order valence-corrected chi connectivity index (χ0v) is 9.08. The zero-order chi connectivity index (χ0) is 10.8. The van der Waals surface area contributed by atoms with Gasteiger partial charge in [-0.25, -0.2) is 0 Å². The summed E-state index contributed by atoms with van der Waals surface area (Å²) in [5.41, 5.74) is 6.00. The Morgan fingerprint density at radius 2 is 2.07 bits per heavy atom. The molecule has 0 aliphatic carbocycles. The maximum atomic E-state index is 11.5. The molecule has 0 saturated carbocycles. The quantitative estimate of drug-likeness (QED) is 0.781. The standard InChI is InChI=1S/C11H18N2O/c1-11(2,3)6-8-13-7-4-5-9(12)10(13)14/h4-5,7H,6,8,12H2,1-3H3. The molecule has 1 heterocycles. The second-order valence-electron chi connectivity index (χ2n) is 4.77. The highest BCUT2D eigenvalue weighted by Gasteiger charge is 2.10. The predicted molar refractivity (Wildman–Crippen MR) is 59.2 cm³/mol. The van der Waals surface area contributed by atoms with Crippen molar-refractivity contribution in [3.63, 3.8) is 0 Å². The summed E-state index contributed by atoms with van der Waals surface area (Å²) in [6, 6.07) is 3.44. The van der Waals surface area contributed by atoms with Crippen LogP contribution in [0.2, 0.25) is 0 Å². The lowest BCUT2D eigenvalue weighted by molar-refractivity contribution is 0.348. The minimum absolute atomic E-state index is 0.0863. The minimum atomic E-state index is -0.0863. The fourth-order valence-electron chi connectivity index (χ4n) is 1.19. The van der Waals surface area contributed by atoms with Gasteiger partial charge in [0, 0.05) is 12.7 Å². The van der Waals surface area contributed by atoms with E-state index in [1.54, 1.807) is 22.9 Å². The summed E-state index contributed by atoms with van der Waals surface area (Å²) < 4.78 is 1.67. The van der Waals surface area contributed by atoms with Crippen molar-refractivity contribution in [3.8, 4) is 0 Å². The van der Waals surface area contributed by atoms with Crippen LogP contribution in [-0.4, -0.2) is 4.57 Å². The van der Waals surface area contributed by atoms with Crippen LogP contribution in [0.5, 0.6) is 0 Å². The fraction of sp³-hybridized carbons (Fsp3) is 0.545. The third-order valence-corrected chi connectivity index (χ3v) is 2.15. The lowest BCUT2D eigenvalue weighted by Gasteiger charge is -2.18. The zero-order valence-electron chi connectivity index (χ0n) is 9.08. The molecule has 0 radical (unpaired) electrons. The molecule has 3 nitrogen and oxygen atoms in total. The van der Waals surface area contributed by atoms with E-state index in [4.69, 9.17) is 5.73 Å². The Kier molecular flexibility index (Phi) is 2.99. The van der Waals surface area contributed by atoms with Crippen molar-refractivity contribution >= 4 is 5.69 Å². The van der Waals surface area contributed by atoms with Gasteiger partial charge in [-0.2, -0.15) is 0 Å². The Balaban J connectivity index is 2.78. The van der Waals surface area contributed by atoms with E-state index in [1.807, 2.05) is 0 Å². The minimum Gasteiger partial charge on any atom is -0.394 e. The molecule has 1 aromatic rings. The van der Waals surface area contributed by atoms with E-state index < -0.39 is 0 Å². The lowest BCUT2D eigenvalue weighted by atomic mass is 9.92. The molecule has 0 bridgehead atoms. The van der Waals surface area contributed by atoms with Crippen molar-refractivity contribution in [1.29, 1.82) is 0 Å². The van der Waals surface area contributed by atoms with Crippen molar-refractivity contribution in [3.05, 3.63) is 28.7 Å². The van der Waals surface area contributed by atoms with Gasteiger partial charge in [-0.1, -0.05) is 20.8 Å². The molecular weight excluding hydrogens is 176 g/mol. The number of rotatable bonds is 2. The SMILES string of the molecule is CC(C)(C)CCn1cccc(N)c1=O. The third kappa shape index (κ3) is 2.91. The number of aromatic nitrogens is 1. The summed E-state index contributed by atoms with van der Waals surface area (Å²) in [5, 5.41) is 0. The van der Waals surface area contributed by atoms with Crippen molar-refractivity contribution in [2.24, 2.45) is 5.41 Å². The largest absolute Gasteiger partial charge is 0.394 e. The molecule has 0 spiro atoms. The first-order valence-corrected chi connectivity index (χ1v) is 4.85. The van der Waals surface area contributed by atoms with Crippen molar-refractivity contribution in [2.45, 2.75) is 33.7 Å². The van der Waals surface area contributed by atoms with E-state index in [0.717, 1.165) is 13.0 Å². The van der Waals surface area contributed by atoms with Gasteiger partial charge in [-0.15, -0.1) is 0 Å². The highest BCUT2D eigenvalue weighted by atomic mass is 16.1. The molecule has 0 saturated heterocycles. The van der Waals surface area contributed by atoms with E-state index in [0.29, 0.717) is 5.69 Å². The van der Waals surface area contributed by atoms with Crippen molar-refractivity contribution in [2.75, 3.05) is 5.73 Å². The first-order valence-electron chi connectivity index (χ1n) is 4.85. The normalized spacial score (nSPS) is 11.6. The van der Waals surface area contributed by atoms with Crippen LogP contribution in [0.1, 0.15) is 27.2 Å². The molecule has 0 atom stereocenters. The summed E-state index contributed by atoms with van der Waals surface area (Å²) >= 11 is 0. The topological polar surface area (TPSA) is 48.0 Å². The van der Waals surface area contributed by atoms with Crippen LogP contribution < -0.4 is 11.3 Å². The number of pyridine rings is 1. The van der Waals surface area contributed by atoms with Gasteiger partial charge in [0.25, 0.3) is 5.56 Å². The number of nitrogens with two attached hydrogens (primary N) is 1. The van der Waals surface area contributed by atoms with Crippen LogP contribution in [0.4, 0.5) is 5.69 Å². The molecule has 1 aromatic heterocycles. The van der Waals surface area contributed by atoms with Gasteiger partial charge in [0.2, 0.25) is 0 Å². The Hall–Kier alpha value is -1.25. The first kappa shape index (κ1) is 10.8. The van der Waals surface area contributed by atoms with Gasteiger partial charge >= 0.3 is 0 Å². The van der Waals surface area contributed by atoms with E-state index in [9.17, 15) is 4.79 Å². The Morgan fingerprint density at radius 1 is 1.43 bits per heavy atom. The van der Waals surface area contributed by atoms with E-state index >= 15 is 0 Å². The number of nitrogen functional groups attached to an aromatic ring is 1. The molecule has 0 aromatic carbocycles. The average molecular weight is 194 g/mol. The molecule has 1 rings (SSSR count). The molecule has 2 N–H and O–H groups in total. The van der Waals surface area contributed by atoms with E-state index in [2.05, 4.69) is 20.8 Å². The molecular formula is C11H18N2O. The third-order valence-electron chi connectivity index (χ3n) is 2.15. The highest BCUT2D eigenvalue weighted by Crippen LogP contribution is 2.18. The average Bonchev–Trinajstić information content (AvgIpc) is 2.06. The maximum Gasteiger partial charge on any atom is 0.273 e. The van der Waals surface area contributed by atoms with Crippen LogP contribution in [0.3, 0.4) is 0 Å². The van der Waals surface area contributed by atoms with Gasteiger partial charge < -0.3 is 10.3 Å². The Morgan fingerprint density at radius 3 is 2.64 bits per heavy atom. The fourth-order valence-corrected chi connectivity index (χ4v) is 1.19. The summed E-state index contributed by atoms with van der Waals surface area (Å²) in [4.78, 5) is 11.5. The van der Waals surface area contributed by atoms with Crippen LogP contribution in [-0.2, 0) is 6.54 Å². The molecule has 0 fully saturated rings. The number of anilines is 1. The second kappa shape index (κ2) is 3.86. The molecule has 0 unspecified atom stereocenters. The van der Waals surface area contributed by atoms with Crippen molar-refractivity contribution < 1.29 is 0 Å². The summed E-state index contributed by atoms with van der Waals surface area (Å²) in [6.45, 7) is 7.20. The number of aryl methyl sites for hydroxylation is 1. The second-order valence-corrected chi connectivity index (χ2v) is 4.77. The number of hydrogen-bond acceptors (Lipinski definition) is 2. The highest BCUT2D eigenvalue weighted by molar-refractivity contribution is 5.33. The molecule has 0 amide bonds.